The second-order valence-corrected chi connectivity index (χ2v) is 10.0. The zero-order chi connectivity index (χ0) is 27.0. The van der Waals surface area contributed by atoms with Gasteiger partial charge < -0.3 is 19.5 Å². The van der Waals surface area contributed by atoms with Crippen LogP contribution in [0, 0.1) is 14.9 Å². The molecule has 7 nitrogen and oxygen atoms in total. The Balaban J connectivity index is 1.61. The molecule has 1 N–H and O–H groups in total. The minimum Gasteiger partial charge on any atom is -0.493 e. The number of carbonyl (C=O) groups is 2. The van der Waals surface area contributed by atoms with E-state index in [4.69, 9.17) is 14.2 Å². The van der Waals surface area contributed by atoms with Crippen molar-refractivity contribution in [2.24, 2.45) is 0 Å². The van der Waals surface area contributed by atoms with Crippen molar-refractivity contribution in [2.45, 2.75) is 19.4 Å². The molecule has 3 aromatic rings. The maximum atomic E-state index is 13.6. The van der Waals surface area contributed by atoms with Crippen LogP contribution in [0.2, 0.25) is 0 Å². The van der Waals surface area contributed by atoms with Crippen molar-refractivity contribution in [3.8, 4) is 17.6 Å². The summed E-state index contributed by atoms with van der Waals surface area (Å²) in [5, 5.41) is 12.7. The average Bonchev–Trinajstić information content (AvgIpc) is 3.22. The average molecular weight is 618 g/mol. The first-order valence-electron chi connectivity index (χ1n) is 11.8. The van der Waals surface area contributed by atoms with Gasteiger partial charge in [0.05, 0.1) is 40.7 Å². The number of hydrogen-bond acceptors (Lipinski definition) is 7. The van der Waals surface area contributed by atoms with Gasteiger partial charge in [0.2, 0.25) is 0 Å². The summed E-state index contributed by atoms with van der Waals surface area (Å²) < 4.78 is 17.7. The number of halogens is 1. The van der Waals surface area contributed by atoms with Crippen LogP contribution in [0.4, 0.5) is 0 Å². The van der Waals surface area contributed by atoms with Gasteiger partial charge in [-0.25, -0.2) is 4.79 Å². The van der Waals surface area contributed by atoms with Gasteiger partial charge in [-0.2, -0.15) is 5.26 Å². The van der Waals surface area contributed by atoms with Gasteiger partial charge in [-0.3, -0.25) is 4.79 Å². The Morgan fingerprint density at radius 3 is 2.50 bits per heavy atom. The molecule has 38 heavy (non-hydrogen) atoms. The number of esters is 1. The fraction of sp³-hybridized carbons (Fsp3) is 0.167. The Bertz CT molecular complexity index is 1600. The van der Waals surface area contributed by atoms with Crippen LogP contribution < -0.4 is 14.8 Å². The van der Waals surface area contributed by atoms with E-state index in [1.165, 1.54) is 14.2 Å². The van der Waals surface area contributed by atoms with Crippen molar-refractivity contribution in [3.05, 3.63) is 109 Å². The number of benzene rings is 3. The molecule has 0 bridgehead atoms. The van der Waals surface area contributed by atoms with Crippen molar-refractivity contribution in [2.75, 3.05) is 14.2 Å². The molecule has 3 aromatic carbocycles. The number of ether oxygens (including phenoxy) is 3. The van der Waals surface area contributed by atoms with E-state index in [0.717, 1.165) is 14.7 Å². The highest BCUT2D eigenvalue weighted by atomic mass is 127. The summed E-state index contributed by atoms with van der Waals surface area (Å²) in [5.41, 5.74) is 5.56. The lowest BCUT2D eigenvalue weighted by Crippen LogP contribution is -2.29. The summed E-state index contributed by atoms with van der Waals surface area (Å²) in [4.78, 5) is 26.7. The molecule has 0 spiro atoms. The van der Waals surface area contributed by atoms with Crippen molar-refractivity contribution in [3.63, 3.8) is 0 Å². The summed E-state index contributed by atoms with van der Waals surface area (Å²) in [6.45, 7) is 1.99. The summed E-state index contributed by atoms with van der Waals surface area (Å²) in [7, 11) is 2.87. The third-order valence-electron chi connectivity index (χ3n) is 6.75. The Morgan fingerprint density at radius 1 is 1.08 bits per heavy atom. The fourth-order valence-electron chi connectivity index (χ4n) is 4.99. The highest BCUT2D eigenvalue weighted by Gasteiger charge is 2.43. The van der Waals surface area contributed by atoms with Crippen LogP contribution in [0.5, 0.6) is 11.5 Å². The Hall–Kier alpha value is -4.10. The number of hydrogen-bond donors (Lipinski definition) is 1. The smallest absolute Gasteiger partial charge is 0.336 e. The SMILES string of the molecule is COC(=O)C1=C(C)NC2=C(C(=O)c3ccccc32)[C@@H]1c1cc(I)c(OCc2ccccc2C#N)c(OC)c1. The van der Waals surface area contributed by atoms with E-state index >= 15 is 0 Å². The van der Waals surface area contributed by atoms with Crippen LogP contribution in [0.3, 0.4) is 0 Å². The standard InChI is InChI=1S/C30H23IN2O5/c1-16-24(30(35)37-3)25(26-27(33-16)20-10-6-7-11-21(20)28(26)34)19-12-22(31)29(23(13-19)36-2)38-15-18-9-5-4-8-17(18)14-32/h4-13,25,33H,15H2,1-3H3/t25-/m1/s1. The number of nitrogens with zero attached hydrogens (tertiary/aromatic N) is 1. The summed E-state index contributed by atoms with van der Waals surface area (Å²) >= 11 is 2.16. The molecule has 1 atom stereocenters. The lowest BCUT2D eigenvalue weighted by molar-refractivity contribution is -0.136. The number of methoxy groups -OCH3 is 2. The van der Waals surface area contributed by atoms with E-state index in [2.05, 4.69) is 34.0 Å². The predicted molar refractivity (Wildman–Crippen MR) is 149 cm³/mol. The van der Waals surface area contributed by atoms with Gasteiger partial charge in [-0.05, 0) is 53.3 Å². The Kier molecular flexibility index (Phi) is 6.95. The van der Waals surface area contributed by atoms with Crippen LogP contribution in [-0.4, -0.2) is 26.0 Å². The number of fused-ring (bicyclic) bond motifs is 2. The number of nitriles is 1. The predicted octanol–water partition coefficient (Wildman–Crippen LogP) is 5.49. The highest BCUT2D eigenvalue weighted by Crippen LogP contribution is 2.48. The molecule has 0 saturated heterocycles. The second kappa shape index (κ2) is 10.3. The zero-order valence-corrected chi connectivity index (χ0v) is 23.1. The maximum absolute atomic E-state index is 13.6. The largest absolute Gasteiger partial charge is 0.493 e. The van der Waals surface area contributed by atoms with Gasteiger partial charge in [0.15, 0.2) is 17.3 Å². The quantitative estimate of drug-likeness (QED) is 0.288. The normalized spacial score (nSPS) is 15.9. The van der Waals surface area contributed by atoms with E-state index in [-0.39, 0.29) is 12.4 Å². The van der Waals surface area contributed by atoms with E-state index in [0.29, 0.717) is 50.7 Å². The van der Waals surface area contributed by atoms with Crippen LogP contribution in [0.25, 0.3) is 5.70 Å². The number of carbonyl (C=O) groups excluding carboxylic acids is 2. The Labute approximate surface area is 233 Å². The number of rotatable bonds is 6. The molecule has 1 heterocycles. The minimum atomic E-state index is -0.672. The van der Waals surface area contributed by atoms with E-state index in [1.807, 2.05) is 36.4 Å². The van der Waals surface area contributed by atoms with Crippen molar-refractivity contribution >= 4 is 40.0 Å². The molecular formula is C30H23IN2O5. The van der Waals surface area contributed by atoms with Gasteiger partial charge in [-0.15, -0.1) is 0 Å². The summed E-state index contributed by atoms with van der Waals surface area (Å²) in [5.74, 6) is -0.363. The summed E-state index contributed by atoms with van der Waals surface area (Å²) in [6, 6.07) is 20.5. The summed E-state index contributed by atoms with van der Waals surface area (Å²) in [6.07, 6.45) is 0. The third-order valence-corrected chi connectivity index (χ3v) is 7.55. The van der Waals surface area contributed by atoms with Crippen LogP contribution in [-0.2, 0) is 16.1 Å². The molecule has 1 aliphatic heterocycles. The number of ketones is 1. The molecule has 5 rings (SSSR count). The number of Topliss-reactive ketones (excluding diaryl/α,β-unsaturated/α-hetero) is 1. The van der Waals surface area contributed by atoms with Crippen LogP contribution in [0.15, 0.2) is 77.5 Å². The molecule has 8 heteroatoms. The molecule has 0 unspecified atom stereocenters. The lowest BCUT2D eigenvalue weighted by atomic mass is 9.79. The monoisotopic (exact) mass is 618 g/mol. The maximum Gasteiger partial charge on any atom is 0.336 e. The third kappa shape index (κ3) is 4.23. The van der Waals surface area contributed by atoms with Crippen LogP contribution in [0.1, 0.15) is 45.5 Å². The molecular weight excluding hydrogens is 595 g/mol. The zero-order valence-electron chi connectivity index (χ0n) is 20.9. The lowest BCUT2D eigenvalue weighted by Gasteiger charge is -2.29. The molecule has 190 valence electrons. The molecule has 0 radical (unpaired) electrons. The van der Waals surface area contributed by atoms with Gasteiger partial charge in [0.25, 0.3) is 0 Å². The van der Waals surface area contributed by atoms with E-state index in [1.54, 1.807) is 31.2 Å². The topological polar surface area (TPSA) is 97.6 Å². The van der Waals surface area contributed by atoms with Crippen molar-refractivity contribution in [1.82, 2.24) is 5.32 Å². The molecule has 0 aromatic heterocycles. The van der Waals surface area contributed by atoms with Gasteiger partial charge in [0, 0.05) is 33.9 Å². The fourth-order valence-corrected chi connectivity index (χ4v) is 5.78. The highest BCUT2D eigenvalue weighted by molar-refractivity contribution is 14.1. The molecule has 0 fully saturated rings. The van der Waals surface area contributed by atoms with Crippen LogP contribution >= 0.6 is 22.6 Å². The first-order valence-corrected chi connectivity index (χ1v) is 12.9. The van der Waals surface area contributed by atoms with E-state index in [9.17, 15) is 14.9 Å². The minimum absolute atomic E-state index is 0.135. The molecule has 1 aliphatic carbocycles. The van der Waals surface area contributed by atoms with Crippen molar-refractivity contribution < 1.29 is 23.8 Å². The van der Waals surface area contributed by atoms with Gasteiger partial charge in [0.1, 0.15) is 6.61 Å². The van der Waals surface area contributed by atoms with Crippen molar-refractivity contribution in [1.29, 1.82) is 5.26 Å². The number of allylic oxidation sites excluding steroid dienone is 2. The second-order valence-electron chi connectivity index (χ2n) is 8.84. The molecule has 0 saturated carbocycles. The van der Waals surface area contributed by atoms with Gasteiger partial charge in [-0.1, -0.05) is 42.5 Å². The molecule has 2 aliphatic rings. The first kappa shape index (κ1) is 25.5. The van der Waals surface area contributed by atoms with E-state index < -0.39 is 11.9 Å². The molecule has 0 amide bonds. The number of nitrogens with one attached hydrogen (secondary N) is 1. The first-order chi connectivity index (χ1) is 18.4. The van der Waals surface area contributed by atoms with Gasteiger partial charge >= 0.3 is 5.97 Å². The number of dihydropyridines is 1. The Morgan fingerprint density at radius 2 is 1.79 bits per heavy atom.